The molecule has 14 heavy (non-hydrogen) atoms. The third-order valence-corrected chi connectivity index (χ3v) is 4.66. The molecule has 2 heteroatoms. The van der Waals surface area contributed by atoms with Crippen LogP contribution in [0.5, 0.6) is 0 Å². The quantitative estimate of drug-likeness (QED) is 0.591. The zero-order chi connectivity index (χ0) is 10.1. The van der Waals surface area contributed by atoms with Crippen LogP contribution in [0.4, 0.5) is 0 Å². The van der Waals surface area contributed by atoms with Gasteiger partial charge in [0.05, 0.1) is 7.11 Å². The molecule has 0 N–H and O–H groups in total. The van der Waals surface area contributed by atoms with E-state index in [-0.39, 0.29) is 0 Å². The SMILES string of the molecule is C[O].O=CC1CCC2C3CCC(C3)C12. The molecule has 3 saturated carbocycles. The Labute approximate surface area is 85.7 Å². The van der Waals surface area contributed by atoms with E-state index in [1.165, 1.54) is 38.4 Å². The van der Waals surface area contributed by atoms with E-state index in [4.69, 9.17) is 5.11 Å². The smallest absolute Gasteiger partial charge is 0.123 e. The van der Waals surface area contributed by atoms with Crippen molar-refractivity contribution in [3.8, 4) is 0 Å². The molecule has 2 nitrogen and oxygen atoms in total. The third kappa shape index (κ3) is 1.31. The van der Waals surface area contributed by atoms with Gasteiger partial charge in [0.25, 0.3) is 0 Å². The molecule has 3 aliphatic rings. The van der Waals surface area contributed by atoms with Gasteiger partial charge in [0, 0.05) is 5.92 Å². The highest BCUT2D eigenvalue weighted by Crippen LogP contribution is 2.60. The van der Waals surface area contributed by atoms with Gasteiger partial charge in [0.1, 0.15) is 6.29 Å². The van der Waals surface area contributed by atoms with Gasteiger partial charge in [-0.2, -0.15) is 0 Å². The Hall–Kier alpha value is -0.370. The normalized spacial score (nSPS) is 48.3. The second kappa shape index (κ2) is 4.01. The summed E-state index contributed by atoms with van der Waals surface area (Å²) >= 11 is 0. The van der Waals surface area contributed by atoms with Crippen LogP contribution in [0.3, 0.4) is 0 Å². The predicted octanol–water partition coefficient (Wildman–Crippen LogP) is 2.30. The van der Waals surface area contributed by atoms with Gasteiger partial charge < -0.3 is 4.79 Å². The molecule has 0 spiro atoms. The monoisotopic (exact) mass is 195 g/mol. The molecule has 0 saturated heterocycles. The summed E-state index contributed by atoms with van der Waals surface area (Å²) in [6.45, 7) is 0. The molecule has 5 unspecified atom stereocenters. The molecule has 3 fully saturated rings. The van der Waals surface area contributed by atoms with Gasteiger partial charge in [-0.25, -0.2) is 5.11 Å². The highest BCUT2D eigenvalue weighted by molar-refractivity contribution is 5.55. The highest BCUT2D eigenvalue weighted by atomic mass is 16.2. The van der Waals surface area contributed by atoms with Crippen molar-refractivity contribution in [2.24, 2.45) is 29.6 Å². The van der Waals surface area contributed by atoms with Gasteiger partial charge in [-0.15, -0.1) is 0 Å². The van der Waals surface area contributed by atoms with E-state index in [9.17, 15) is 4.79 Å². The summed E-state index contributed by atoms with van der Waals surface area (Å²) in [4.78, 5) is 10.8. The average molecular weight is 195 g/mol. The van der Waals surface area contributed by atoms with E-state index >= 15 is 0 Å². The van der Waals surface area contributed by atoms with Crippen molar-refractivity contribution in [3.05, 3.63) is 0 Å². The summed E-state index contributed by atoms with van der Waals surface area (Å²) in [5, 5.41) is 8.25. The Morgan fingerprint density at radius 3 is 2.43 bits per heavy atom. The lowest BCUT2D eigenvalue weighted by Crippen LogP contribution is -2.22. The lowest BCUT2D eigenvalue weighted by Gasteiger charge is -2.26. The molecule has 5 atom stereocenters. The van der Waals surface area contributed by atoms with Gasteiger partial charge in [-0.3, -0.25) is 0 Å². The van der Waals surface area contributed by atoms with Gasteiger partial charge >= 0.3 is 0 Å². The Morgan fingerprint density at radius 1 is 1.00 bits per heavy atom. The van der Waals surface area contributed by atoms with E-state index in [1.54, 1.807) is 0 Å². The average Bonchev–Trinajstić information content (AvgIpc) is 2.93. The van der Waals surface area contributed by atoms with Gasteiger partial charge in [-0.1, -0.05) is 0 Å². The molecular formula is C12H19O2. The second-order valence-electron chi connectivity index (χ2n) is 4.95. The van der Waals surface area contributed by atoms with Gasteiger partial charge in [-0.05, 0) is 55.8 Å². The topological polar surface area (TPSA) is 37.0 Å². The molecule has 1 radical (unpaired) electrons. The van der Waals surface area contributed by atoms with Crippen LogP contribution in [-0.4, -0.2) is 13.4 Å². The van der Waals surface area contributed by atoms with Crippen molar-refractivity contribution in [1.82, 2.24) is 0 Å². The van der Waals surface area contributed by atoms with E-state index in [0.717, 1.165) is 30.8 Å². The second-order valence-corrected chi connectivity index (χ2v) is 4.95. The summed E-state index contributed by atoms with van der Waals surface area (Å²) < 4.78 is 0. The fourth-order valence-corrected chi connectivity index (χ4v) is 4.29. The minimum Gasteiger partial charge on any atom is -0.303 e. The van der Waals surface area contributed by atoms with Crippen LogP contribution in [0, 0.1) is 29.6 Å². The van der Waals surface area contributed by atoms with Crippen molar-refractivity contribution in [1.29, 1.82) is 0 Å². The minimum absolute atomic E-state index is 0.449. The fourth-order valence-electron chi connectivity index (χ4n) is 4.29. The third-order valence-electron chi connectivity index (χ3n) is 4.66. The van der Waals surface area contributed by atoms with Crippen LogP contribution in [0.1, 0.15) is 32.1 Å². The van der Waals surface area contributed by atoms with E-state index in [0.29, 0.717) is 5.92 Å². The van der Waals surface area contributed by atoms with E-state index in [1.807, 2.05) is 0 Å². The Bertz CT molecular complexity index is 214. The fraction of sp³-hybridized carbons (Fsp3) is 0.917. The Morgan fingerprint density at radius 2 is 1.71 bits per heavy atom. The first kappa shape index (κ1) is 10.2. The van der Waals surface area contributed by atoms with Crippen LogP contribution in [0.25, 0.3) is 0 Å². The van der Waals surface area contributed by atoms with E-state index in [2.05, 4.69) is 0 Å². The Balaban J connectivity index is 0.000000354. The maximum absolute atomic E-state index is 10.8. The first-order chi connectivity index (χ1) is 6.90. The highest BCUT2D eigenvalue weighted by Gasteiger charge is 2.52. The first-order valence-electron chi connectivity index (χ1n) is 5.76. The number of hydrogen-bond donors (Lipinski definition) is 0. The standard InChI is InChI=1S/C11H16O.CH3O/c12-6-9-3-4-10-7-1-2-8(5-7)11(9)10;1-2/h6-11H,1-5H2;1H3. The molecule has 3 rings (SSSR count). The molecule has 0 heterocycles. The molecule has 0 aromatic rings. The summed E-state index contributed by atoms with van der Waals surface area (Å²) in [5.74, 6) is 4.19. The molecule has 0 aliphatic heterocycles. The summed E-state index contributed by atoms with van der Waals surface area (Å²) in [6, 6.07) is 0. The number of rotatable bonds is 1. The maximum atomic E-state index is 10.8. The minimum atomic E-state index is 0.449. The first-order valence-corrected chi connectivity index (χ1v) is 5.76. The number of carbonyl (C=O) groups excluding carboxylic acids is 1. The molecule has 0 aromatic heterocycles. The number of aldehydes is 1. The maximum Gasteiger partial charge on any atom is 0.123 e. The van der Waals surface area contributed by atoms with Gasteiger partial charge in [0.15, 0.2) is 0 Å². The van der Waals surface area contributed by atoms with Crippen LogP contribution in [0.15, 0.2) is 0 Å². The summed E-state index contributed by atoms with van der Waals surface area (Å²) in [6.07, 6.45) is 8.15. The lowest BCUT2D eigenvalue weighted by molar-refractivity contribution is -0.112. The number of hydrogen-bond acceptors (Lipinski definition) is 1. The van der Waals surface area contributed by atoms with Crippen molar-refractivity contribution in [2.75, 3.05) is 7.11 Å². The Kier molecular flexibility index (Phi) is 2.91. The van der Waals surface area contributed by atoms with Crippen molar-refractivity contribution in [2.45, 2.75) is 32.1 Å². The van der Waals surface area contributed by atoms with Crippen molar-refractivity contribution in [3.63, 3.8) is 0 Å². The van der Waals surface area contributed by atoms with Crippen LogP contribution in [0.2, 0.25) is 0 Å². The molecule has 79 valence electrons. The van der Waals surface area contributed by atoms with Crippen LogP contribution >= 0.6 is 0 Å². The molecular weight excluding hydrogens is 176 g/mol. The van der Waals surface area contributed by atoms with Crippen molar-refractivity contribution < 1.29 is 9.90 Å². The number of fused-ring (bicyclic) bond motifs is 5. The van der Waals surface area contributed by atoms with Gasteiger partial charge in [0.2, 0.25) is 0 Å². The van der Waals surface area contributed by atoms with Crippen LogP contribution < -0.4 is 0 Å². The molecule has 2 bridgehead atoms. The van der Waals surface area contributed by atoms with Crippen molar-refractivity contribution >= 4 is 6.29 Å². The lowest BCUT2D eigenvalue weighted by atomic mass is 9.78. The predicted molar refractivity (Wildman–Crippen MR) is 53.2 cm³/mol. The number of carbonyl (C=O) groups is 1. The van der Waals surface area contributed by atoms with Crippen LogP contribution in [-0.2, 0) is 9.90 Å². The largest absolute Gasteiger partial charge is 0.303 e. The van der Waals surface area contributed by atoms with E-state index < -0.39 is 0 Å². The molecule has 0 amide bonds. The summed E-state index contributed by atoms with van der Waals surface area (Å²) in [7, 11) is 0.750. The zero-order valence-corrected chi connectivity index (χ0v) is 8.82. The molecule has 3 aliphatic carbocycles. The molecule has 0 aromatic carbocycles. The zero-order valence-electron chi connectivity index (χ0n) is 8.82. The summed E-state index contributed by atoms with van der Waals surface area (Å²) in [5.41, 5.74) is 0.